The number of rotatable bonds is 6. The van der Waals surface area contributed by atoms with Crippen molar-refractivity contribution in [3.8, 4) is 11.1 Å². The zero-order valence-electron chi connectivity index (χ0n) is 18.5. The van der Waals surface area contributed by atoms with E-state index >= 15 is 0 Å². The first kappa shape index (κ1) is 20.9. The molecule has 3 aromatic heterocycles. The van der Waals surface area contributed by atoms with Gasteiger partial charge in [-0.1, -0.05) is 49.0 Å². The Kier molecular flexibility index (Phi) is 5.46. The first-order valence-electron chi connectivity index (χ1n) is 11.6. The Bertz CT molecular complexity index is 1330. The lowest BCUT2D eigenvalue weighted by Gasteiger charge is -2.31. The van der Waals surface area contributed by atoms with Gasteiger partial charge in [0.25, 0.3) is 5.56 Å². The van der Waals surface area contributed by atoms with Crippen LogP contribution >= 0.6 is 23.1 Å². The minimum Gasteiger partial charge on any atom is -0.341 e. The second-order valence-corrected chi connectivity index (χ2v) is 10.9. The SMILES string of the molecule is CC1CCN(c2nnc(SCc3nc4scc(-c5ccccc5)c4c(=O)[nH]3)n2C2CC2)CC1. The van der Waals surface area contributed by atoms with Crippen LogP contribution in [0, 0.1) is 5.92 Å². The number of hydrogen-bond donors (Lipinski definition) is 1. The molecule has 0 bridgehead atoms. The quantitative estimate of drug-likeness (QED) is 0.388. The number of fused-ring (bicyclic) bond motifs is 1. The Morgan fingerprint density at radius 1 is 1.12 bits per heavy atom. The van der Waals surface area contributed by atoms with E-state index in [9.17, 15) is 4.79 Å². The number of benzene rings is 1. The molecule has 0 amide bonds. The van der Waals surface area contributed by atoms with E-state index in [1.807, 2.05) is 35.7 Å². The van der Waals surface area contributed by atoms with Gasteiger partial charge in [0.1, 0.15) is 10.7 Å². The fourth-order valence-corrected chi connectivity index (χ4v) is 6.31. The molecule has 7 nitrogen and oxygen atoms in total. The van der Waals surface area contributed by atoms with Crippen LogP contribution in [0.15, 0.2) is 45.7 Å². The molecule has 1 N–H and O–H groups in total. The molecular formula is C24H26N6OS2. The number of piperidine rings is 1. The number of nitrogens with one attached hydrogen (secondary N) is 1. The second-order valence-electron chi connectivity index (χ2n) is 9.05. The average molecular weight is 479 g/mol. The van der Waals surface area contributed by atoms with Crippen LogP contribution in [-0.4, -0.2) is 37.8 Å². The molecule has 4 heterocycles. The molecule has 1 aliphatic carbocycles. The first-order chi connectivity index (χ1) is 16.2. The van der Waals surface area contributed by atoms with Crippen molar-refractivity contribution in [2.24, 2.45) is 5.92 Å². The molecule has 0 unspecified atom stereocenters. The highest BCUT2D eigenvalue weighted by molar-refractivity contribution is 7.98. The largest absolute Gasteiger partial charge is 0.341 e. The predicted molar refractivity (Wildman–Crippen MR) is 134 cm³/mol. The van der Waals surface area contributed by atoms with E-state index in [4.69, 9.17) is 4.98 Å². The first-order valence-corrected chi connectivity index (χ1v) is 13.4. The van der Waals surface area contributed by atoms with E-state index in [1.165, 1.54) is 37.0 Å². The summed E-state index contributed by atoms with van der Waals surface area (Å²) in [6.45, 7) is 4.42. The Morgan fingerprint density at radius 3 is 2.67 bits per heavy atom. The summed E-state index contributed by atoms with van der Waals surface area (Å²) in [5, 5.41) is 12.7. The van der Waals surface area contributed by atoms with Crippen LogP contribution in [0.1, 0.15) is 44.5 Å². The molecule has 1 saturated carbocycles. The highest BCUT2D eigenvalue weighted by Gasteiger charge is 2.32. The molecule has 0 radical (unpaired) electrons. The molecule has 4 aromatic rings. The highest BCUT2D eigenvalue weighted by atomic mass is 32.2. The Morgan fingerprint density at radius 2 is 1.91 bits per heavy atom. The van der Waals surface area contributed by atoms with E-state index in [0.717, 1.165) is 46.1 Å². The van der Waals surface area contributed by atoms with E-state index in [2.05, 4.69) is 31.6 Å². The summed E-state index contributed by atoms with van der Waals surface area (Å²) < 4.78 is 2.32. The number of anilines is 1. The molecule has 170 valence electrons. The van der Waals surface area contributed by atoms with Crippen molar-refractivity contribution >= 4 is 39.3 Å². The van der Waals surface area contributed by atoms with Gasteiger partial charge in [-0.25, -0.2) is 4.98 Å². The van der Waals surface area contributed by atoms with Gasteiger partial charge in [0.15, 0.2) is 5.16 Å². The monoisotopic (exact) mass is 478 g/mol. The van der Waals surface area contributed by atoms with Gasteiger partial charge in [0.05, 0.1) is 11.1 Å². The molecule has 1 aromatic carbocycles. The van der Waals surface area contributed by atoms with Crippen molar-refractivity contribution in [1.29, 1.82) is 0 Å². The van der Waals surface area contributed by atoms with Crippen molar-refractivity contribution in [3.05, 3.63) is 51.9 Å². The van der Waals surface area contributed by atoms with Crippen LogP contribution in [0.2, 0.25) is 0 Å². The summed E-state index contributed by atoms with van der Waals surface area (Å²) in [4.78, 5) is 23.9. The van der Waals surface area contributed by atoms with Crippen molar-refractivity contribution in [1.82, 2.24) is 24.7 Å². The van der Waals surface area contributed by atoms with E-state index in [1.54, 1.807) is 11.8 Å². The number of aromatic amines is 1. The van der Waals surface area contributed by atoms with Gasteiger partial charge < -0.3 is 9.88 Å². The van der Waals surface area contributed by atoms with Gasteiger partial charge in [-0.2, -0.15) is 0 Å². The molecule has 0 spiro atoms. The molecule has 6 rings (SSSR count). The summed E-state index contributed by atoms with van der Waals surface area (Å²) in [5.41, 5.74) is 1.90. The molecule has 1 aliphatic heterocycles. The van der Waals surface area contributed by atoms with E-state index in [0.29, 0.717) is 23.0 Å². The van der Waals surface area contributed by atoms with Gasteiger partial charge in [-0.15, -0.1) is 21.5 Å². The van der Waals surface area contributed by atoms with Crippen molar-refractivity contribution in [2.75, 3.05) is 18.0 Å². The number of hydrogen-bond acceptors (Lipinski definition) is 7. The maximum atomic E-state index is 13.0. The summed E-state index contributed by atoms with van der Waals surface area (Å²) >= 11 is 3.13. The number of thioether (sulfide) groups is 1. The lowest BCUT2D eigenvalue weighted by molar-refractivity contribution is 0.429. The van der Waals surface area contributed by atoms with Gasteiger partial charge in [0, 0.05) is 30.1 Å². The third-order valence-corrected chi connectivity index (χ3v) is 8.37. The normalized spacial score (nSPS) is 17.2. The summed E-state index contributed by atoms with van der Waals surface area (Å²) in [6, 6.07) is 10.5. The lowest BCUT2D eigenvalue weighted by Crippen LogP contribution is -2.34. The number of nitrogens with zero attached hydrogens (tertiary/aromatic N) is 5. The van der Waals surface area contributed by atoms with Crippen LogP contribution in [-0.2, 0) is 5.75 Å². The highest BCUT2D eigenvalue weighted by Crippen LogP contribution is 2.42. The zero-order chi connectivity index (χ0) is 22.4. The molecule has 33 heavy (non-hydrogen) atoms. The summed E-state index contributed by atoms with van der Waals surface area (Å²) in [5.74, 6) is 3.03. The Labute approximate surface area is 200 Å². The molecule has 9 heteroatoms. The third-order valence-electron chi connectivity index (χ3n) is 6.54. The number of aromatic nitrogens is 5. The van der Waals surface area contributed by atoms with Gasteiger partial charge in [-0.3, -0.25) is 9.36 Å². The Hall–Kier alpha value is -2.65. The zero-order valence-corrected chi connectivity index (χ0v) is 20.2. The van der Waals surface area contributed by atoms with Gasteiger partial charge in [-0.05, 0) is 37.2 Å². The predicted octanol–water partition coefficient (Wildman–Crippen LogP) is 5.11. The minimum atomic E-state index is -0.0810. The van der Waals surface area contributed by atoms with Gasteiger partial charge >= 0.3 is 0 Å². The average Bonchev–Trinajstić information content (AvgIpc) is 3.43. The fourth-order valence-electron chi connectivity index (χ4n) is 4.47. The smallest absolute Gasteiger partial charge is 0.260 e. The summed E-state index contributed by atoms with van der Waals surface area (Å²) in [7, 11) is 0. The molecule has 2 fully saturated rings. The lowest BCUT2D eigenvalue weighted by atomic mass is 10.00. The van der Waals surface area contributed by atoms with Crippen LogP contribution in [0.4, 0.5) is 5.95 Å². The molecule has 2 aliphatic rings. The third kappa shape index (κ3) is 4.08. The fraction of sp³-hybridized carbons (Fsp3) is 0.417. The maximum absolute atomic E-state index is 13.0. The topological polar surface area (TPSA) is 79.7 Å². The van der Waals surface area contributed by atoms with Crippen LogP contribution < -0.4 is 10.5 Å². The van der Waals surface area contributed by atoms with Crippen molar-refractivity contribution in [3.63, 3.8) is 0 Å². The molecule has 1 saturated heterocycles. The number of H-pyrrole nitrogens is 1. The van der Waals surface area contributed by atoms with Gasteiger partial charge in [0.2, 0.25) is 5.95 Å². The van der Waals surface area contributed by atoms with Crippen molar-refractivity contribution < 1.29 is 0 Å². The standard InChI is InChI=1S/C24H26N6OS2/c1-15-9-11-29(12-10-15)23-27-28-24(30(23)17-7-8-17)33-14-19-25-21(31)20-18(13-32-22(20)26-19)16-5-3-2-4-6-16/h2-6,13,15,17H,7-12,14H2,1H3,(H,25,26,31). The second kappa shape index (κ2) is 8.61. The van der Waals surface area contributed by atoms with Crippen LogP contribution in [0.5, 0.6) is 0 Å². The van der Waals surface area contributed by atoms with E-state index < -0.39 is 0 Å². The number of thiophene rings is 1. The summed E-state index contributed by atoms with van der Waals surface area (Å²) in [6.07, 6.45) is 4.77. The maximum Gasteiger partial charge on any atom is 0.260 e. The van der Waals surface area contributed by atoms with Crippen LogP contribution in [0.3, 0.4) is 0 Å². The van der Waals surface area contributed by atoms with Crippen LogP contribution in [0.25, 0.3) is 21.3 Å². The Balaban J connectivity index is 1.25. The van der Waals surface area contributed by atoms with Crippen molar-refractivity contribution in [2.45, 2.75) is 49.6 Å². The minimum absolute atomic E-state index is 0.0810. The molecule has 0 atom stereocenters. The van der Waals surface area contributed by atoms with E-state index in [-0.39, 0.29) is 5.56 Å². The molecular weight excluding hydrogens is 452 g/mol.